The predicted molar refractivity (Wildman–Crippen MR) is 94.6 cm³/mol. The summed E-state index contributed by atoms with van der Waals surface area (Å²) in [5, 5.41) is 2.87. The fourth-order valence-corrected chi connectivity index (χ4v) is 3.90. The second-order valence-corrected chi connectivity index (χ2v) is 8.54. The molecule has 7 heteroatoms. The van der Waals surface area contributed by atoms with Crippen molar-refractivity contribution in [2.75, 3.05) is 24.2 Å². The summed E-state index contributed by atoms with van der Waals surface area (Å²) in [6, 6.07) is 7.20. The van der Waals surface area contributed by atoms with Crippen LogP contribution in [0.4, 0.5) is 5.69 Å². The van der Waals surface area contributed by atoms with Crippen LogP contribution in [0.1, 0.15) is 33.6 Å². The van der Waals surface area contributed by atoms with Crippen molar-refractivity contribution in [1.82, 2.24) is 4.31 Å². The van der Waals surface area contributed by atoms with Crippen LogP contribution in [0.3, 0.4) is 0 Å². The Morgan fingerprint density at radius 2 is 2.00 bits per heavy atom. The number of hydrogen-bond donors (Lipinski definition) is 1. The number of benzene rings is 1. The zero-order chi connectivity index (χ0) is 17.7. The summed E-state index contributed by atoms with van der Waals surface area (Å²) in [7, 11) is -3.24. The van der Waals surface area contributed by atoms with Crippen LogP contribution in [-0.2, 0) is 14.8 Å². The third-order valence-corrected chi connectivity index (χ3v) is 5.85. The van der Waals surface area contributed by atoms with Gasteiger partial charge in [-0.1, -0.05) is 0 Å². The number of piperidine rings is 1. The Bertz CT molecular complexity index is 656. The number of hydrogen-bond acceptors (Lipinski definition) is 4. The van der Waals surface area contributed by atoms with Gasteiger partial charge in [-0.3, -0.25) is 4.79 Å². The van der Waals surface area contributed by atoms with Crippen molar-refractivity contribution in [3.8, 4) is 5.75 Å². The monoisotopic (exact) mass is 354 g/mol. The quantitative estimate of drug-likeness (QED) is 0.851. The van der Waals surface area contributed by atoms with Crippen LogP contribution >= 0.6 is 0 Å². The van der Waals surface area contributed by atoms with Crippen LogP contribution < -0.4 is 10.1 Å². The zero-order valence-corrected chi connectivity index (χ0v) is 15.3. The van der Waals surface area contributed by atoms with E-state index in [1.165, 1.54) is 4.31 Å². The second kappa shape index (κ2) is 7.98. The first-order chi connectivity index (χ1) is 11.3. The van der Waals surface area contributed by atoms with E-state index >= 15 is 0 Å². The van der Waals surface area contributed by atoms with Gasteiger partial charge in [0.05, 0.1) is 17.8 Å². The van der Waals surface area contributed by atoms with E-state index in [0.29, 0.717) is 25.1 Å². The normalized spacial score (nSPS) is 19.2. The van der Waals surface area contributed by atoms with Gasteiger partial charge in [0.2, 0.25) is 15.9 Å². The first-order valence-corrected chi connectivity index (χ1v) is 9.98. The molecule has 0 bridgehead atoms. The Morgan fingerprint density at radius 3 is 2.58 bits per heavy atom. The van der Waals surface area contributed by atoms with E-state index in [9.17, 15) is 13.2 Å². The van der Waals surface area contributed by atoms with E-state index < -0.39 is 10.0 Å². The summed E-state index contributed by atoms with van der Waals surface area (Å²) >= 11 is 0. The molecule has 1 aliphatic heterocycles. The molecule has 1 amide bonds. The van der Waals surface area contributed by atoms with Crippen molar-refractivity contribution in [3.63, 3.8) is 0 Å². The fourth-order valence-electron chi connectivity index (χ4n) is 2.72. The lowest BCUT2D eigenvalue weighted by Crippen LogP contribution is -2.44. The van der Waals surface area contributed by atoms with Crippen LogP contribution in [-0.4, -0.2) is 43.6 Å². The third kappa shape index (κ3) is 4.95. The molecule has 1 aromatic rings. The molecule has 1 atom stereocenters. The second-order valence-electron chi connectivity index (χ2n) is 6.28. The first kappa shape index (κ1) is 18.7. The minimum atomic E-state index is -3.24. The van der Waals surface area contributed by atoms with Crippen LogP contribution in [0.5, 0.6) is 5.75 Å². The van der Waals surface area contributed by atoms with Crippen LogP contribution in [0.15, 0.2) is 24.3 Å². The zero-order valence-electron chi connectivity index (χ0n) is 14.5. The Hall–Kier alpha value is -1.60. The number of amides is 1. The van der Waals surface area contributed by atoms with E-state index in [2.05, 4.69) is 5.32 Å². The molecule has 0 aliphatic carbocycles. The van der Waals surface area contributed by atoms with Crippen LogP contribution in [0, 0.1) is 5.92 Å². The van der Waals surface area contributed by atoms with Crippen molar-refractivity contribution in [2.45, 2.75) is 39.7 Å². The molecule has 24 heavy (non-hydrogen) atoms. The van der Waals surface area contributed by atoms with Gasteiger partial charge < -0.3 is 10.1 Å². The van der Waals surface area contributed by atoms with Gasteiger partial charge in [-0.25, -0.2) is 12.7 Å². The molecule has 1 unspecified atom stereocenters. The maximum absolute atomic E-state index is 12.4. The van der Waals surface area contributed by atoms with E-state index in [1.54, 1.807) is 19.1 Å². The highest BCUT2D eigenvalue weighted by molar-refractivity contribution is 7.89. The lowest BCUT2D eigenvalue weighted by atomic mass is 9.99. The molecule has 1 N–H and O–H groups in total. The molecule has 1 aliphatic rings. The molecule has 134 valence electrons. The average Bonchev–Trinajstić information content (AvgIpc) is 2.56. The molecule has 1 aromatic carbocycles. The molecule has 1 heterocycles. The number of carbonyl (C=O) groups is 1. The lowest BCUT2D eigenvalue weighted by Gasteiger charge is -2.30. The summed E-state index contributed by atoms with van der Waals surface area (Å²) in [5.41, 5.74) is 0.687. The number of sulfonamides is 1. The minimum Gasteiger partial charge on any atom is -0.491 e. The number of anilines is 1. The summed E-state index contributed by atoms with van der Waals surface area (Å²) in [4.78, 5) is 12.4. The van der Waals surface area contributed by atoms with Gasteiger partial charge in [0, 0.05) is 18.8 Å². The van der Waals surface area contributed by atoms with Crippen molar-refractivity contribution in [1.29, 1.82) is 0 Å². The molecule has 1 fully saturated rings. The Kier molecular flexibility index (Phi) is 6.23. The maximum atomic E-state index is 12.4. The minimum absolute atomic E-state index is 0.0681. The van der Waals surface area contributed by atoms with Gasteiger partial charge in [0.1, 0.15) is 5.75 Å². The van der Waals surface area contributed by atoms with Gasteiger partial charge in [0.25, 0.3) is 0 Å². The molecule has 0 spiro atoms. The number of nitrogens with one attached hydrogen (secondary N) is 1. The van der Waals surface area contributed by atoms with E-state index in [1.807, 2.05) is 26.0 Å². The highest BCUT2D eigenvalue weighted by atomic mass is 32.2. The van der Waals surface area contributed by atoms with Gasteiger partial charge in [0.15, 0.2) is 0 Å². The Labute approximate surface area is 144 Å². The van der Waals surface area contributed by atoms with Gasteiger partial charge in [-0.15, -0.1) is 0 Å². The van der Waals surface area contributed by atoms with E-state index in [4.69, 9.17) is 4.74 Å². The molecular formula is C17H26N2O4S. The number of carbonyl (C=O) groups excluding carboxylic acids is 1. The molecule has 0 saturated carbocycles. The lowest BCUT2D eigenvalue weighted by molar-refractivity contribution is -0.120. The largest absolute Gasteiger partial charge is 0.491 e. The smallest absolute Gasteiger partial charge is 0.228 e. The summed E-state index contributed by atoms with van der Waals surface area (Å²) in [5.74, 6) is 0.370. The highest BCUT2D eigenvalue weighted by Crippen LogP contribution is 2.22. The summed E-state index contributed by atoms with van der Waals surface area (Å²) in [6.07, 6.45) is 1.51. The number of nitrogens with zero attached hydrogens (tertiary/aromatic N) is 1. The standard InChI is InChI=1S/C17H26N2O4S/c1-4-24(21,22)19-11-5-6-14(12-19)17(20)18-15-7-9-16(10-8-15)23-13(2)3/h7-10,13-14H,4-6,11-12H2,1-3H3,(H,18,20). The van der Waals surface area contributed by atoms with Crippen molar-refractivity contribution in [2.24, 2.45) is 5.92 Å². The van der Waals surface area contributed by atoms with E-state index in [-0.39, 0.29) is 30.2 Å². The van der Waals surface area contributed by atoms with Crippen molar-refractivity contribution >= 4 is 21.6 Å². The summed E-state index contributed by atoms with van der Waals surface area (Å²) < 4.78 is 31.0. The van der Waals surface area contributed by atoms with E-state index in [0.717, 1.165) is 5.75 Å². The average molecular weight is 354 g/mol. The Balaban J connectivity index is 1.96. The topological polar surface area (TPSA) is 75.7 Å². The Morgan fingerprint density at radius 1 is 1.33 bits per heavy atom. The van der Waals surface area contributed by atoms with Gasteiger partial charge in [-0.05, 0) is 57.9 Å². The first-order valence-electron chi connectivity index (χ1n) is 8.37. The fraction of sp³-hybridized carbons (Fsp3) is 0.588. The maximum Gasteiger partial charge on any atom is 0.228 e. The number of ether oxygens (including phenoxy) is 1. The molecule has 0 radical (unpaired) electrons. The molecule has 1 saturated heterocycles. The third-order valence-electron chi connectivity index (χ3n) is 4.01. The van der Waals surface area contributed by atoms with Crippen LogP contribution in [0.25, 0.3) is 0 Å². The molecule has 0 aromatic heterocycles. The molecule has 2 rings (SSSR count). The molecule has 6 nitrogen and oxygen atoms in total. The number of rotatable bonds is 6. The van der Waals surface area contributed by atoms with Gasteiger partial charge in [-0.2, -0.15) is 0 Å². The van der Waals surface area contributed by atoms with Crippen molar-refractivity contribution in [3.05, 3.63) is 24.3 Å². The highest BCUT2D eigenvalue weighted by Gasteiger charge is 2.31. The summed E-state index contributed by atoms with van der Waals surface area (Å²) in [6.45, 7) is 6.29. The van der Waals surface area contributed by atoms with Gasteiger partial charge >= 0.3 is 0 Å². The van der Waals surface area contributed by atoms with Crippen LogP contribution in [0.2, 0.25) is 0 Å². The molecular weight excluding hydrogens is 328 g/mol. The predicted octanol–water partition coefficient (Wildman–Crippen LogP) is 2.47. The van der Waals surface area contributed by atoms with Crippen molar-refractivity contribution < 1.29 is 17.9 Å². The SMILES string of the molecule is CCS(=O)(=O)N1CCCC(C(=O)Nc2ccc(OC(C)C)cc2)C1.